The molecule has 7 nitrogen and oxygen atoms in total. The Morgan fingerprint density at radius 3 is 2.24 bits per heavy atom. The van der Waals surface area contributed by atoms with E-state index < -0.39 is 5.82 Å². The number of rotatable bonds is 4. The predicted molar refractivity (Wildman–Crippen MR) is 124 cm³/mol. The number of nitrogens with zero attached hydrogens (tertiary/aromatic N) is 4. The van der Waals surface area contributed by atoms with E-state index in [1.54, 1.807) is 58.0 Å². The smallest absolute Gasteiger partial charge is 0.272 e. The number of halogens is 1. The van der Waals surface area contributed by atoms with Crippen LogP contribution in [0.25, 0.3) is 17.1 Å². The molecule has 1 fully saturated rings. The second-order valence-electron chi connectivity index (χ2n) is 8.19. The lowest BCUT2D eigenvalue weighted by atomic mass is 10.1. The number of carbonyl (C=O) groups excluding carboxylic acids is 2. The number of benzene rings is 2. The first-order valence-electron chi connectivity index (χ1n) is 11.1. The lowest BCUT2D eigenvalue weighted by Crippen LogP contribution is -2.50. The number of aryl methyl sites for hydroxylation is 1. The number of furan rings is 1. The maximum absolute atomic E-state index is 13.9. The first-order valence-corrected chi connectivity index (χ1v) is 11.1. The summed E-state index contributed by atoms with van der Waals surface area (Å²) in [6, 6.07) is 19.2. The Kier molecular flexibility index (Phi) is 5.71. The number of hydrogen-bond donors (Lipinski definition) is 0. The van der Waals surface area contributed by atoms with Crippen LogP contribution in [0.2, 0.25) is 0 Å². The summed E-state index contributed by atoms with van der Waals surface area (Å²) in [6.45, 7) is 3.13. The fraction of sp³-hybridized carbons (Fsp3) is 0.192. The SMILES string of the molecule is Cc1ccc(C(=O)N2CCN(C(=O)c3cc(-c4ccco4)nn3-c3ccccc3)CC2)cc1F. The number of aromatic nitrogens is 2. The lowest BCUT2D eigenvalue weighted by Gasteiger charge is -2.34. The summed E-state index contributed by atoms with van der Waals surface area (Å²) in [5.74, 6) is -0.242. The molecule has 2 aromatic heterocycles. The summed E-state index contributed by atoms with van der Waals surface area (Å²) < 4.78 is 21.0. The normalized spacial score (nSPS) is 13.8. The Morgan fingerprint density at radius 2 is 1.59 bits per heavy atom. The molecule has 0 aliphatic carbocycles. The van der Waals surface area contributed by atoms with Gasteiger partial charge in [0.15, 0.2) is 5.76 Å². The van der Waals surface area contributed by atoms with E-state index >= 15 is 0 Å². The van der Waals surface area contributed by atoms with Crippen LogP contribution < -0.4 is 0 Å². The Morgan fingerprint density at radius 1 is 0.882 bits per heavy atom. The van der Waals surface area contributed by atoms with Crippen LogP contribution in [-0.4, -0.2) is 57.6 Å². The molecule has 1 aliphatic rings. The van der Waals surface area contributed by atoms with Crippen LogP contribution in [-0.2, 0) is 0 Å². The summed E-state index contributed by atoms with van der Waals surface area (Å²) in [5.41, 5.74) is 2.55. The van der Waals surface area contributed by atoms with Gasteiger partial charge in [-0.15, -0.1) is 0 Å². The summed E-state index contributed by atoms with van der Waals surface area (Å²) in [7, 11) is 0. The van der Waals surface area contributed by atoms with Gasteiger partial charge in [-0.3, -0.25) is 9.59 Å². The molecule has 8 heteroatoms. The molecule has 34 heavy (non-hydrogen) atoms. The van der Waals surface area contributed by atoms with Crippen molar-refractivity contribution in [3.63, 3.8) is 0 Å². The van der Waals surface area contributed by atoms with E-state index in [1.807, 2.05) is 30.3 Å². The quantitative estimate of drug-likeness (QED) is 0.460. The van der Waals surface area contributed by atoms with E-state index in [0.29, 0.717) is 54.5 Å². The highest BCUT2D eigenvalue weighted by Crippen LogP contribution is 2.24. The predicted octanol–water partition coefficient (Wildman–Crippen LogP) is 4.18. The van der Waals surface area contributed by atoms with Crippen molar-refractivity contribution < 1.29 is 18.4 Å². The van der Waals surface area contributed by atoms with Crippen LogP contribution >= 0.6 is 0 Å². The second kappa shape index (κ2) is 8.97. The number of hydrogen-bond acceptors (Lipinski definition) is 4. The van der Waals surface area contributed by atoms with Crippen LogP contribution in [0.4, 0.5) is 4.39 Å². The van der Waals surface area contributed by atoms with Crippen LogP contribution in [0.5, 0.6) is 0 Å². The van der Waals surface area contributed by atoms with Crippen LogP contribution in [0.1, 0.15) is 26.4 Å². The Bertz CT molecular complexity index is 1320. The highest BCUT2D eigenvalue weighted by Gasteiger charge is 2.28. The van der Waals surface area contributed by atoms with E-state index in [9.17, 15) is 14.0 Å². The number of para-hydroxylation sites is 1. The van der Waals surface area contributed by atoms with Crippen LogP contribution in [0.15, 0.2) is 77.4 Å². The molecule has 0 bridgehead atoms. The topological polar surface area (TPSA) is 71.6 Å². The third-order valence-electron chi connectivity index (χ3n) is 5.98. The average Bonchev–Trinajstić information content (AvgIpc) is 3.56. The Hall–Kier alpha value is -4.20. The summed E-state index contributed by atoms with van der Waals surface area (Å²) in [6.07, 6.45) is 1.56. The van der Waals surface area contributed by atoms with Gasteiger partial charge in [0, 0.05) is 37.8 Å². The van der Waals surface area contributed by atoms with Gasteiger partial charge in [0.25, 0.3) is 11.8 Å². The first-order chi connectivity index (χ1) is 16.5. The maximum Gasteiger partial charge on any atom is 0.272 e. The molecule has 0 saturated carbocycles. The van der Waals surface area contributed by atoms with Crippen molar-refractivity contribution in [2.75, 3.05) is 26.2 Å². The number of piperazine rings is 1. The summed E-state index contributed by atoms with van der Waals surface area (Å²) in [5, 5.41) is 4.61. The molecule has 0 radical (unpaired) electrons. The second-order valence-corrected chi connectivity index (χ2v) is 8.19. The highest BCUT2D eigenvalue weighted by molar-refractivity contribution is 5.96. The molecular formula is C26H23FN4O3. The highest BCUT2D eigenvalue weighted by atomic mass is 19.1. The molecule has 0 N–H and O–H groups in total. The van der Waals surface area contributed by atoms with Crippen molar-refractivity contribution in [3.05, 3.63) is 95.6 Å². The first kappa shape index (κ1) is 21.6. The zero-order valence-electron chi connectivity index (χ0n) is 18.6. The van der Waals surface area contributed by atoms with Gasteiger partial charge in [-0.25, -0.2) is 9.07 Å². The van der Waals surface area contributed by atoms with E-state index in [4.69, 9.17) is 4.42 Å². The molecular weight excluding hydrogens is 435 g/mol. The minimum atomic E-state index is -0.402. The molecule has 1 aliphatic heterocycles. The zero-order chi connectivity index (χ0) is 23.7. The van der Waals surface area contributed by atoms with Gasteiger partial charge in [-0.1, -0.05) is 24.3 Å². The molecule has 0 spiro atoms. The minimum Gasteiger partial charge on any atom is -0.463 e. The van der Waals surface area contributed by atoms with Crippen molar-refractivity contribution in [1.82, 2.24) is 19.6 Å². The van der Waals surface area contributed by atoms with Gasteiger partial charge in [0.05, 0.1) is 12.0 Å². The molecule has 0 atom stereocenters. The molecule has 3 heterocycles. The summed E-state index contributed by atoms with van der Waals surface area (Å²) >= 11 is 0. The Balaban J connectivity index is 1.35. The van der Waals surface area contributed by atoms with Crippen molar-refractivity contribution >= 4 is 11.8 Å². The standard InChI is InChI=1S/C26H23FN4O3/c1-18-9-10-19(16-21(18)27)25(32)29-11-13-30(14-12-29)26(33)23-17-22(24-8-5-15-34-24)28-31(23)20-6-3-2-4-7-20/h2-10,15-17H,11-14H2,1H3. The third kappa shape index (κ3) is 4.10. The monoisotopic (exact) mass is 458 g/mol. The van der Waals surface area contributed by atoms with Crippen molar-refractivity contribution in [2.45, 2.75) is 6.92 Å². The zero-order valence-corrected chi connectivity index (χ0v) is 18.6. The molecule has 0 unspecified atom stereocenters. The van der Waals surface area contributed by atoms with E-state index in [1.165, 1.54) is 6.07 Å². The number of carbonyl (C=O) groups is 2. The number of amides is 2. The molecule has 5 rings (SSSR count). The lowest BCUT2D eigenvalue weighted by molar-refractivity contribution is 0.0530. The van der Waals surface area contributed by atoms with Gasteiger partial charge < -0.3 is 14.2 Å². The molecule has 4 aromatic rings. The fourth-order valence-electron chi connectivity index (χ4n) is 4.03. The van der Waals surface area contributed by atoms with Crippen LogP contribution in [0, 0.1) is 12.7 Å². The van der Waals surface area contributed by atoms with Crippen LogP contribution in [0.3, 0.4) is 0 Å². The molecule has 172 valence electrons. The van der Waals surface area contributed by atoms with Gasteiger partial charge in [-0.05, 0) is 48.9 Å². The van der Waals surface area contributed by atoms with E-state index in [0.717, 1.165) is 5.69 Å². The fourth-order valence-corrected chi connectivity index (χ4v) is 4.03. The van der Waals surface area contributed by atoms with Gasteiger partial charge in [0.1, 0.15) is 17.2 Å². The molecule has 2 aromatic carbocycles. The maximum atomic E-state index is 13.9. The van der Waals surface area contributed by atoms with Gasteiger partial charge in [-0.2, -0.15) is 5.10 Å². The average molecular weight is 458 g/mol. The van der Waals surface area contributed by atoms with Gasteiger partial charge >= 0.3 is 0 Å². The molecule has 2 amide bonds. The third-order valence-corrected chi connectivity index (χ3v) is 5.98. The minimum absolute atomic E-state index is 0.178. The summed E-state index contributed by atoms with van der Waals surface area (Å²) in [4.78, 5) is 29.7. The van der Waals surface area contributed by atoms with Gasteiger partial charge in [0.2, 0.25) is 0 Å². The largest absolute Gasteiger partial charge is 0.463 e. The van der Waals surface area contributed by atoms with Crippen molar-refractivity contribution in [2.24, 2.45) is 0 Å². The van der Waals surface area contributed by atoms with Crippen molar-refractivity contribution in [3.8, 4) is 17.1 Å². The van der Waals surface area contributed by atoms with E-state index in [-0.39, 0.29) is 11.8 Å². The van der Waals surface area contributed by atoms with E-state index in [2.05, 4.69) is 5.10 Å². The molecule has 1 saturated heterocycles. The Labute approximate surface area is 196 Å². The van der Waals surface area contributed by atoms with Crippen molar-refractivity contribution in [1.29, 1.82) is 0 Å².